The van der Waals surface area contributed by atoms with Gasteiger partial charge in [-0.25, -0.2) is 0 Å². The number of rotatable bonds is 10. The van der Waals surface area contributed by atoms with Crippen LogP contribution in [-0.2, 0) is 6.54 Å². The van der Waals surface area contributed by atoms with Gasteiger partial charge in [0.05, 0.1) is 6.54 Å². The molecule has 4 nitrogen and oxygen atoms in total. The maximum absolute atomic E-state index is 5.64. The van der Waals surface area contributed by atoms with Crippen LogP contribution >= 0.6 is 11.8 Å². The lowest BCUT2D eigenvalue weighted by molar-refractivity contribution is 0.472. The minimum Gasteiger partial charge on any atom is -0.419 e. The summed E-state index contributed by atoms with van der Waals surface area (Å²) >= 11 is 1.92. The Labute approximate surface area is 130 Å². The molecule has 21 heavy (non-hydrogen) atoms. The highest BCUT2D eigenvalue weighted by molar-refractivity contribution is 7.98. The Bertz CT molecular complexity index is 501. The van der Waals surface area contributed by atoms with Crippen LogP contribution in [0.25, 0.3) is 11.5 Å². The van der Waals surface area contributed by atoms with Gasteiger partial charge in [0, 0.05) is 5.56 Å². The lowest BCUT2D eigenvalue weighted by Gasteiger charge is -2.02. The molecule has 0 fully saturated rings. The molecule has 1 aromatic carbocycles. The van der Waals surface area contributed by atoms with E-state index in [4.69, 9.17) is 4.42 Å². The molecular weight excluding hydrogens is 282 g/mol. The van der Waals surface area contributed by atoms with Crippen LogP contribution in [-0.4, -0.2) is 28.8 Å². The average molecular weight is 305 g/mol. The van der Waals surface area contributed by atoms with E-state index in [1.54, 1.807) is 0 Å². The van der Waals surface area contributed by atoms with Crippen molar-refractivity contribution < 1.29 is 4.42 Å². The first-order valence-corrected chi connectivity index (χ1v) is 8.87. The number of aromatic nitrogens is 2. The van der Waals surface area contributed by atoms with Crippen LogP contribution in [0.3, 0.4) is 0 Å². The Morgan fingerprint density at radius 2 is 1.86 bits per heavy atom. The molecule has 0 radical (unpaired) electrons. The van der Waals surface area contributed by atoms with E-state index in [0.717, 1.165) is 12.1 Å². The summed E-state index contributed by atoms with van der Waals surface area (Å²) in [6.07, 6.45) is 7.29. The molecule has 0 unspecified atom stereocenters. The van der Waals surface area contributed by atoms with E-state index in [9.17, 15) is 0 Å². The number of thioether (sulfide) groups is 1. The van der Waals surface area contributed by atoms with E-state index in [1.165, 1.54) is 31.4 Å². The third-order valence-electron chi connectivity index (χ3n) is 3.22. The first-order valence-electron chi connectivity index (χ1n) is 7.47. The van der Waals surface area contributed by atoms with Gasteiger partial charge >= 0.3 is 0 Å². The van der Waals surface area contributed by atoms with Gasteiger partial charge in [-0.3, -0.25) is 0 Å². The molecule has 0 spiro atoms. The van der Waals surface area contributed by atoms with E-state index in [1.807, 2.05) is 42.1 Å². The zero-order chi connectivity index (χ0) is 14.8. The van der Waals surface area contributed by atoms with E-state index in [2.05, 4.69) is 21.8 Å². The number of nitrogens with one attached hydrogen (secondary N) is 1. The first-order chi connectivity index (χ1) is 10.4. The van der Waals surface area contributed by atoms with Gasteiger partial charge in [0.2, 0.25) is 11.8 Å². The van der Waals surface area contributed by atoms with Crippen molar-refractivity contribution >= 4 is 11.8 Å². The predicted molar refractivity (Wildman–Crippen MR) is 88.3 cm³/mol. The lowest BCUT2D eigenvalue weighted by Crippen LogP contribution is -2.14. The molecule has 5 heteroatoms. The van der Waals surface area contributed by atoms with Crippen molar-refractivity contribution in [3.05, 3.63) is 36.2 Å². The summed E-state index contributed by atoms with van der Waals surface area (Å²) in [6.45, 7) is 1.65. The van der Waals surface area contributed by atoms with Gasteiger partial charge in [-0.1, -0.05) is 31.0 Å². The Hall–Kier alpha value is -1.33. The maximum atomic E-state index is 5.64. The van der Waals surface area contributed by atoms with Crippen molar-refractivity contribution in [3.8, 4) is 11.5 Å². The minimum absolute atomic E-state index is 0.587. The van der Waals surface area contributed by atoms with Gasteiger partial charge in [0.1, 0.15) is 0 Å². The molecule has 0 aliphatic heterocycles. The van der Waals surface area contributed by atoms with Crippen LogP contribution in [0, 0.1) is 0 Å². The van der Waals surface area contributed by atoms with Crippen LogP contribution in [0.1, 0.15) is 31.6 Å². The summed E-state index contributed by atoms with van der Waals surface area (Å²) in [7, 11) is 0. The number of nitrogens with zero attached hydrogens (tertiary/aromatic N) is 2. The molecule has 0 aliphatic carbocycles. The van der Waals surface area contributed by atoms with Gasteiger partial charge in [-0.15, -0.1) is 10.2 Å². The molecule has 2 rings (SSSR count). The van der Waals surface area contributed by atoms with Gasteiger partial charge in [-0.2, -0.15) is 11.8 Å². The Kier molecular flexibility index (Phi) is 7.32. The largest absolute Gasteiger partial charge is 0.419 e. The topological polar surface area (TPSA) is 51.0 Å². The van der Waals surface area contributed by atoms with Crippen molar-refractivity contribution in [2.75, 3.05) is 18.6 Å². The van der Waals surface area contributed by atoms with Crippen LogP contribution in [0.5, 0.6) is 0 Å². The number of hydrogen-bond donors (Lipinski definition) is 1. The second kappa shape index (κ2) is 9.58. The van der Waals surface area contributed by atoms with Crippen LogP contribution in [0.15, 0.2) is 34.7 Å². The number of hydrogen-bond acceptors (Lipinski definition) is 5. The standard InChI is InChI=1S/C16H23N3OS/c1-21-12-8-3-2-7-11-17-13-15-18-19-16(20-15)14-9-5-4-6-10-14/h4-6,9-10,17H,2-3,7-8,11-13H2,1H3. The van der Waals surface area contributed by atoms with Crippen molar-refractivity contribution in [2.24, 2.45) is 0 Å². The zero-order valence-corrected chi connectivity index (χ0v) is 13.4. The monoisotopic (exact) mass is 305 g/mol. The number of unbranched alkanes of at least 4 members (excludes halogenated alkanes) is 3. The second-order valence-electron chi connectivity index (χ2n) is 4.95. The van der Waals surface area contributed by atoms with Gasteiger partial charge in [-0.05, 0) is 43.5 Å². The summed E-state index contributed by atoms with van der Waals surface area (Å²) in [5.41, 5.74) is 0.963. The van der Waals surface area contributed by atoms with Crippen molar-refractivity contribution in [2.45, 2.75) is 32.2 Å². The van der Waals surface area contributed by atoms with Crippen LogP contribution in [0.4, 0.5) is 0 Å². The normalized spacial score (nSPS) is 10.9. The van der Waals surface area contributed by atoms with Crippen molar-refractivity contribution in [1.29, 1.82) is 0 Å². The quantitative estimate of drug-likeness (QED) is 0.677. The lowest BCUT2D eigenvalue weighted by atomic mass is 10.2. The van der Waals surface area contributed by atoms with E-state index in [-0.39, 0.29) is 0 Å². The molecular formula is C16H23N3OS. The molecule has 114 valence electrons. The van der Waals surface area contributed by atoms with E-state index in [0.29, 0.717) is 18.3 Å². The smallest absolute Gasteiger partial charge is 0.247 e. The maximum Gasteiger partial charge on any atom is 0.247 e. The highest BCUT2D eigenvalue weighted by Gasteiger charge is 2.07. The van der Waals surface area contributed by atoms with Crippen molar-refractivity contribution in [1.82, 2.24) is 15.5 Å². The van der Waals surface area contributed by atoms with E-state index < -0.39 is 0 Å². The first kappa shape index (κ1) is 16.0. The second-order valence-corrected chi connectivity index (χ2v) is 5.94. The van der Waals surface area contributed by atoms with Gasteiger partial charge in [0.25, 0.3) is 0 Å². The Balaban J connectivity index is 1.63. The SMILES string of the molecule is CSCCCCCCNCc1nnc(-c2ccccc2)o1. The minimum atomic E-state index is 0.587. The number of benzene rings is 1. The molecule has 1 heterocycles. The van der Waals surface area contributed by atoms with Crippen LogP contribution < -0.4 is 5.32 Å². The fourth-order valence-electron chi connectivity index (χ4n) is 2.07. The molecule has 1 aromatic heterocycles. The molecule has 0 amide bonds. The Morgan fingerprint density at radius 3 is 2.67 bits per heavy atom. The summed E-state index contributed by atoms with van der Waals surface area (Å²) in [5, 5.41) is 11.5. The summed E-state index contributed by atoms with van der Waals surface area (Å²) < 4.78 is 5.64. The molecule has 0 saturated carbocycles. The summed E-state index contributed by atoms with van der Waals surface area (Å²) in [5.74, 6) is 2.51. The molecule has 0 bridgehead atoms. The molecule has 2 aromatic rings. The highest BCUT2D eigenvalue weighted by atomic mass is 32.2. The van der Waals surface area contributed by atoms with Gasteiger partial charge in [0.15, 0.2) is 0 Å². The highest BCUT2D eigenvalue weighted by Crippen LogP contribution is 2.16. The predicted octanol–water partition coefficient (Wildman–Crippen LogP) is 3.75. The molecule has 0 atom stereocenters. The summed E-state index contributed by atoms with van der Waals surface area (Å²) in [6, 6.07) is 9.85. The van der Waals surface area contributed by atoms with Crippen LogP contribution in [0.2, 0.25) is 0 Å². The molecule has 0 saturated heterocycles. The third kappa shape index (κ3) is 5.89. The molecule has 0 aliphatic rings. The van der Waals surface area contributed by atoms with E-state index >= 15 is 0 Å². The third-order valence-corrected chi connectivity index (χ3v) is 3.91. The average Bonchev–Trinajstić information content (AvgIpc) is 3.00. The van der Waals surface area contributed by atoms with Crippen molar-refractivity contribution in [3.63, 3.8) is 0 Å². The van der Waals surface area contributed by atoms with Gasteiger partial charge < -0.3 is 9.73 Å². The fraction of sp³-hybridized carbons (Fsp3) is 0.500. The summed E-state index contributed by atoms with van der Waals surface area (Å²) in [4.78, 5) is 0. The Morgan fingerprint density at radius 1 is 1.05 bits per heavy atom. The fourth-order valence-corrected chi connectivity index (χ4v) is 2.56. The molecule has 1 N–H and O–H groups in total. The zero-order valence-electron chi connectivity index (χ0n) is 12.5.